The summed E-state index contributed by atoms with van der Waals surface area (Å²) >= 11 is 0. The molecule has 1 aliphatic carbocycles. The highest BCUT2D eigenvalue weighted by atomic mass is 16.0. The van der Waals surface area contributed by atoms with Crippen molar-refractivity contribution < 1.29 is 5.48 Å². The molecule has 0 amide bonds. The van der Waals surface area contributed by atoms with Crippen LogP contribution in [0.15, 0.2) is 0 Å². The SMILES string of the molecule is CCC(CC)C1CC1.O. The Morgan fingerprint density at radius 2 is 1.67 bits per heavy atom. The fraction of sp³-hybridized carbons (Fsp3) is 1.00. The molecule has 0 radical (unpaired) electrons. The standard InChI is InChI=1S/C8H16.H2O/c1-3-7(4-2)8-5-6-8;/h7-8H,3-6H2,1-2H3;1H2. The van der Waals surface area contributed by atoms with Crippen LogP contribution in [-0.2, 0) is 0 Å². The van der Waals surface area contributed by atoms with Gasteiger partial charge in [0.2, 0.25) is 0 Å². The Bertz CT molecular complexity index is 63.0. The quantitative estimate of drug-likeness (QED) is 0.559. The summed E-state index contributed by atoms with van der Waals surface area (Å²) in [6, 6.07) is 0. The van der Waals surface area contributed by atoms with Gasteiger partial charge in [-0.3, -0.25) is 0 Å². The number of rotatable bonds is 3. The third kappa shape index (κ3) is 2.35. The normalized spacial score (nSPS) is 17.7. The zero-order valence-corrected chi connectivity index (χ0v) is 6.48. The van der Waals surface area contributed by atoms with Crippen LogP contribution in [0.25, 0.3) is 0 Å². The molecule has 1 nitrogen and oxygen atoms in total. The van der Waals surface area contributed by atoms with Gasteiger partial charge >= 0.3 is 0 Å². The predicted molar refractivity (Wildman–Crippen MR) is 40.4 cm³/mol. The van der Waals surface area contributed by atoms with Crippen LogP contribution in [0.5, 0.6) is 0 Å². The molecule has 0 heterocycles. The van der Waals surface area contributed by atoms with Gasteiger partial charge in [0.05, 0.1) is 0 Å². The van der Waals surface area contributed by atoms with Crippen LogP contribution >= 0.6 is 0 Å². The van der Waals surface area contributed by atoms with Crippen molar-refractivity contribution in [1.82, 2.24) is 0 Å². The first kappa shape index (κ1) is 8.96. The molecule has 1 rings (SSSR count). The van der Waals surface area contributed by atoms with E-state index in [4.69, 9.17) is 0 Å². The molecule has 0 unspecified atom stereocenters. The molecule has 0 aromatic heterocycles. The maximum absolute atomic E-state index is 2.31. The lowest BCUT2D eigenvalue weighted by Crippen LogP contribution is -1.97. The summed E-state index contributed by atoms with van der Waals surface area (Å²) in [5, 5.41) is 0. The molecule has 2 N–H and O–H groups in total. The Labute approximate surface area is 57.8 Å². The topological polar surface area (TPSA) is 31.5 Å². The summed E-state index contributed by atoms with van der Waals surface area (Å²) < 4.78 is 0. The minimum Gasteiger partial charge on any atom is -0.412 e. The van der Waals surface area contributed by atoms with Gasteiger partial charge in [0.1, 0.15) is 0 Å². The first-order valence-corrected chi connectivity index (χ1v) is 3.88. The summed E-state index contributed by atoms with van der Waals surface area (Å²) in [6.07, 6.45) is 5.85. The molecule has 9 heavy (non-hydrogen) atoms. The Kier molecular flexibility index (Phi) is 3.87. The van der Waals surface area contributed by atoms with Gasteiger partial charge in [-0.15, -0.1) is 0 Å². The zero-order valence-electron chi connectivity index (χ0n) is 6.48. The van der Waals surface area contributed by atoms with Crippen molar-refractivity contribution in [2.24, 2.45) is 11.8 Å². The number of hydrogen-bond donors (Lipinski definition) is 0. The van der Waals surface area contributed by atoms with E-state index in [1.54, 1.807) is 0 Å². The average molecular weight is 130 g/mol. The Balaban J connectivity index is 0.000000640. The molecule has 0 atom stereocenters. The zero-order chi connectivity index (χ0) is 5.98. The van der Waals surface area contributed by atoms with Crippen molar-refractivity contribution >= 4 is 0 Å². The second-order valence-electron chi connectivity index (χ2n) is 2.91. The van der Waals surface area contributed by atoms with Gasteiger partial charge < -0.3 is 5.48 Å². The second kappa shape index (κ2) is 3.89. The van der Waals surface area contributed by atoms with E-state index < -0.39 is 0 Å². The summed E-state index contributed by atoms with van der Waals surface area (Å²) in [5.41, 5.74) is 0. The lowest BCUT2D eigenvalue weighted by molar-refractivity contribution is 0.433. The summed E-state index contributed by atoms with van der Waals surface area (Å²) in [7, 11) is 0. The van der Waals surface area contributed by atoms with Crippen LogP contribution in [0.4, 0.5) is 0 Å². The number of hydrogen-bond acceptors (Lipinski definition) is 0. The molecule has 56 valence electrons. The van der Waals surface area contributed by atoms with Crippen LogP contribution < -0.4 is 0 Å². The molecule has 0 aromatic rings. The Morgan fingerprint density at radius 1 is 1.22 bits per heavy atom. The maximum Gasteiger partial charge on any atom is -0.0386 e. The van der Waals surface area contributed by atoms with E-state index in [0.717, 1.165) is 11.8 Å². The van der Waals surface area contributed by atoms with Gasteiger partial charge in [-0.1, -0.05) is 26.7 Å². The lowest BCUT2D eigenvalue weighted by Gasteiger charge is -2.08. The average Bonchev–Trinajstić information content (AvgIpc) is 2.53. The lowest BCUT2D eigenvalue weighted by atomic mass is 9.98. The third-order valence-electron chi connectivity index (χ3n) is 2.34. The van der Waals surface area contributed by atoms with Gasteiger partial charge in [-0.25, -0.2) is 0 Å². The molecular weight excluding hydrogens is 112 g/mol. The van der Waals surface area contributed by atoms with E-state index in [9.17, 15) is 0 Å². The van der Waals surface area contributed by atoms with E-state index in [1.807, 2.05) is 0 Å². The molecular formula is C8H18O. The highest BCUT2D eigenvalue weighted by Gasteiger charge is 2.27. The molecule has 0 spiro atoms. The minimum atomic E-state index is 0. The fourth-order valence-electron chi connectivity index (χ4n) is 1.52. The molecule has 0 bridgehead atoms. The first-order valence-electron chi connectivity index (χ1n) is 3.88. The van der Waals surface area contributed by atoms with Crippen molar-refractivity contribution in [3.8, 4) is 0 Å². The summed E-state index contributed by atoms with van der Waals surface area (Å²) in [4.78, 5) is 0. The summed E-state index contributed by atoms with van der Waals surface area (Å²) in [6.45, 7) is 4.62. The largest absolute Gasteiger partial charge is 0.412 e. The van der Waals surface area contributed by atoms with Crippen molar-refractivity contribution in [3.05, 3.63) is 0 Å². The molecule has 0 aliphatic heterocycles. The Morgan fingerprint density at radius 3 is 1.78 bits per heavy atom. The fourth-order valence-corrected chi connectivity index (χ4v) is 1.52. The molecule has 1 fully saturated rings. The van der Waals surface area contributed by atoms with Crippen LogP contribution in [0.1, 0.15) is 39.5 Å². The highest BCUT2D eigenvalue weighted by molar-refractivity contribution is 4.79. The van der Waals surface area contributed by atoms with Gasteiger partial charge in [0, 0.05) is 0 Å². The Hall–Kier alpha value is -0.0400. The van der Waals surface area contributed by atoms with Crippen molar-refractivity contribution in [1.29, 1.82) is 0 Å². The van der Waals surface area contributed by atoms with Crippen molar-refractivity contribution in [3.63, 3.8) is 0 Å². The van der Waals surface area contributed by atoms with Gasteiger partial charge in [-0.05, 0) is 24.7 Å². The predicted octanol–water partition coefficient (Wildman–Crippen LogP) is 2.01. The third-order valence-corrected chi connectivity index (χ3v) is 2.34. The van der Waals surface area contributed by atoms with Crippen LogP contribution in [0.2, 0.25) is 0 Å². The van der Waals surface area contributed by atoms with E-state index in [1.165, 1.54) is 25.7 Å². The molecule has 1 heteroatoms. The van der Waals surface area contributed by atoms with Crippen molar-refractivity contribution in [2.75, 3.05) is 0 Å². The van der Waals surface area contributed by atoms with E-state index >= 15 is 0 Å². The molecule has 0 aromatic carbocycles. The summed E-state index contributed by atoms with van der Waals surface area (Å²) in [5.74, 6) is 2.19. The van der Waals surface area contributed by atoms with Crippen LogP contribution in [0, 0.1) is 11.8 Å². The van der Waals surface area contributed by atoms with Crippen molar-refractivity contribution in [2.45, 2.75) is 39.5 Å². The van der Waals surface area contributed by atoms with E-state index in [0.29, 0.717) is 0 Å². The van der Waals surface area contributed by atoms with E-state index in [-0.39, 0.29) is 5.48 Å². The molecule has 1 aliphatic rings. The van der Waals surface area contributed by atoms with Gasteiger partial charge in [0.15, 0.2) is 0 Å². The van der Waals surface area contributed by atoms with Crippen LogP contribution in [-0.4, -0.2) is 5.48 Å². The van der Waals surface area contributed by atoms with Gasteiger partial charge in [0.25, 0.3) is 0 Å². The van der Waals surface area contributed by atoms with E-state index in [2.05, 4.69) is 13.8 Å². The monoisotopic (exact) mass is 130 g/mol. The highest BCUT2D eigenvalue weighted by Crippen LogP contribution is 2.39. The maximum atomic E-state index is 2.31. The van der Waals surface area contributed by atoms with Gasteiger partial charge in [-0.2, -0.15) is 0 Å². The molecule has 1 saturated carbocycles. The molecule has 0 saturated heterocycles. The van der Waals surface area contributed by atoms with Crippen LogP contribution in [0.3, 0.4) is 0 Å². The minimum absolute atomic E-state index is 0. The first-order chi connectivity index (χ1) is 3.88. The second-order valence-corrected chi connectivity index (χ2v) is 2.91. The smallest absolute Gasteiger partial charge is 0.0386 e.